The van der Waals surface area contributed by atoms with Crippen LogP contribution in [0.1, 0.15) is 22.7 Å². The van der Waals surface area contributed by atoms with E-state index in [0.29, 0.717) is 5.75 Å². The van der Waals surface area contributed by atoms with E-state index in [1.165, 1.54) is 12.1 Å². The first-order valence-corrected chi connectivity index (χ1v) is 8.42. The summed E-state index contributed by atoms with van der Waals surface area (Å²) in [5.41, 5.74) is -3.38. The Balaban J connectivity index is 1.70. The minimum atomic E-state index is -5.05. The number of halogens is 4. The molecule has 1 atom stereocenters. The molecule has 2 aromatic rings. The number of nitrogens with zero attached hydrogens (tertiary/aromatic N) is 2. The molecule has 1 amide bonds. The first-order valence-electron chi connectivity index (χ1n) is 7.34. The molecule has 1 N–H and O–H groups in total. The lowest BCUT2D eigenvalue weighted by atomic mass is 10.1. The lowest BCUT2D eigenvalue weighted by Crippen LogP contribution is -2.56. The van der Waals surface area contributed by atoms with E-state index in [0.717, 1.165) is 9.78 Å². The van der Waals surface area contributed by atoms with E-state index in [9.17, 15) is 23.1 Å². The predicted molar refractivity (Wildman–Crippen MR) is 92.5 cm³/mol. The third-order valence-corrected chi connectivity index (χ3v) is 4.36. The molecule has 0 unspecified atom stereocenters. The highest BCUT2D eigenvalue weighted by atomic mass is 127. The standard InChI is InChI=1S/C16H12F3IN2O4/c17-16(18,19)15(24)7-8-21-22(15)14(23)13-6-5-12(26-13)9-25-11-3-1-10(20)2-4-11/h1-6,8,24H,7,9H2/t15-/m1/s1. The van der Waals surface area contributed by atoms with E-state index in [-0.39, 0.29) is 23.1 Å². The molecule has 0 bridgehead atoms. The average molecular weight is 480 g/mol. The van der Waals surface area contributed by atoms with Crippen molar-refractivity contribution >= 4 is 34.7 Å². The van der Waals surface area contributed by atoms with Crippen LogP contribution in [-0.2, 0) is 6.61 Å². The molecule has 138 valence electrons. The monoisotopic (exact) mass is 480 g/mol. The van der Waals surface area contributed by atoms with E-state index in [4.69, 9.17) is 9.15 Å². The number of aliphatic hydroxyl groups is 1. The summed E-state index contributed by atoms with van der Waals surface area (Å²) < 4.78 is 50.9. The summed E-state index contributed by atoms with van der Waals surface area (Å²) in [6, 6.07) is 9.80. The molecule has 1 aliphatic heterocycles. The molecule has 0 fully saturated rings. The second-order valence-corrected chi connectivity index (χ2v) is 6.69. The molecule has 1 aliphatic rings. The first-order chi connectivity index (χ1) is 12.2. The van der Waals surface area contributed by atoms with E-state index in [1.807, 2.05) is 12.1 Å². The fourth-order valence-electron chi connectivity index (χ4n) is 2.25. The molecule has 0 aliphatic carbocycles. The molecule has 1 aromatic carbocycles. The highest BCUT2D eigenvalue weighted by molar-refractivity contribution is 14.1. The van der Waals surface area contributed by atoms with Gasteiger partial charge in [0.25, 0.3) is 5.72 Å². The van der Waals surface area contributed by atoms with Crippen molar-refractivity contribution in [2.24, 2.45) is 5.10 Å². The number of ether oxygens (including phenoxy) is 1. The van der Waals surface area contributed by atoms with Gasteiger partial charge in [0.1, 0.15) is 18.1 Å². The largest absolute Gasteiger partial charge is 0.486 e. The summed E-state index contributed by atoms with van der Waals surface area (Å²) in [7, 11) is 0. The Hall–Kier alpha value is -2.08. The van der Waals surface area contributed by atoms with Crippen molar-refractivity contribution in [1.29, 1.82) is 0 Å². The second-order valence-electron chi connectivity index (χ2n) is 5.44. The minimum Gasteiger partial charge on any atom is -0.486 e. The molecule has 10 heteroatoms. The molecule has 0 spiro atoms. The van der Waals surface area contributed by atoms with Gasteiger partial charge < -0.3 is 14.3 Å². The molecule has 2 heterocycles. The molecular weight excluding hydrogens is 468 g/mol. The van der Waals surface area contributed by atoms with Crippen molar-refractivity contribution in [2.45, 2.75) is 24.9 Å². The topological polar surface area (TPSA) is 75.3 Å². The highest BCUT2D eigenvalue weighted by Crippen LogP contribution is 2.39. The van der Waals surface area contributed by atoms with Crippen LogP contribution in [0.25, 0.3) is 0 Å². The molecule has 3 rings (SSSR count). The normalized spacial score (nSPS) is 19.8. The Kier molecular flexibility index (Phi) is 4.97. The number of amides is 1. The molecule has 0 radical (unpaired) electrons. The third-order valence-electron chi connectivity index (χ3n) is 3.64. The third kappa shape index (κ3) is 3.56. The zero-order valence-corrected chi connectivity index (χ0v) is 15.2. The second kappa shape index (κ2) is 6.91. The lowest BCUT2D eigenvalue weighted by molar-refractivity contribution is -0.297. The van der Waals surface area contributed by atoms with Gasteiger partial charge in [-0.15, -0.1) is 0 Å². The van der Waals surface area contributed by atoms with Gasteiger partial charge in [-0.3, -0.25) is 4.79 Å². The van der Waals surface area contributed by atoms with Crippen molar-refractivity contribution in [1.82, 2.24) is 5.01 Å². The average Bonchev–Trinajstić information content (AvgIpc) is 3.21. The zero-order chi connectivity index (χ0) is 18.9. The van der Waals surface area contributed by atoms with Crippen LogP contribution in [0, 0.1) is 3.57 Å². The van der Waals surface area contributed by atoms with Crippen molar-refractivity contribution in [3.05, 3.63) is 51.5 Å². The number of alkyl halides is 3. The van der Waals surface area contributed by atoms with Crippen LogP contribution < -0.4 is 4.74 Å². The van der Waals surface area contributed by atoms with E-state index >= 15 is 0 Å². The Labute approximate surface area is 159 Å². The Bertz CT molecular complexity index is 835. The Morgan fingerprint density at radius 3 is 2.65 bits per heavy atom. The van der Waals surface area contributed by atoms with Gasteiger partial charge in [0, 0.05) is 16.2 Å². The van der Waals surface area contributed by atoms with Gasteiger partial charge >= 0.3 is 12.1 Å². The van der Waals surface area contributed by atoms with Crippen molar-refractivity contribution in [3.63, 3.8) is 0 Å². The van der Waals surface area contributed by atoms with E-state index < -0.39 is 24.2 Å². The summed E-state index contributed by atoms with van der Waals surface area (Å²) in [5.74, 6) is -0.761. The maximum atomic E-state index is 13.0. The van der Waals surface area contributed by atoms with E-state index in [2.05, 4.69) is 27.7 Å². The zero-order valence-electron chi connectivity index (χ0n) is 13.0. The van der Waals surface area contributed by atoms with Gasteiger partial charge in [0.2, 0.25) is 0 Å². The number of carbonyl (C=O) groups is 1. The van der Waals surface area contributed by atoms with Gasteiger partial charge in [-0.25, -0.2) is 0 Å². The van der Waals surface area contributed by atoms with Crippen LogP contribution in [0.5, 0.6) is 5.75 Å². The highest BCUT2D eigenvalue weighted by Gasteiger charge is 2.61. The summed E-state index contributed by atoms with van der Waals surface area (Å²) in [6.07, 6.45) is -5.07. The molecule has 6 nitrogen and oxygen atoms in total. The quantitative estimate of drug-likeness (QED) is 0.680. The molecule has 26 heavy (non-hydrogen) atoms. The number of rotatable bonds is 4. The van der Waals surface area contributed by atoms with Crippen molar-refractivity contribution in [3.8, 4) is 5.75 Å². The first kappa shape index (κ1) is 18.7. The number of carbonyl (C=O) groups excluding carboxylic acids is 1. The summed E-state index contributed by atoms with van der Waals surface area (Å²) in [5, 5.41) is 13.1. The van der Waals surface area contributed by atoms with Gasteiger partial charge in [0.05, 0.1) is 0 Å². The number of furan rings is 1. The number of hydrazone groups is 1. The van der Waals surface area contributed by atoms with E-state index in [1.54, 1.807) is 12.1 Å². The Morgan fingerprint density at radius 1 is 1.31 bits per heavy atom. The van der Waals surface area contributed by atoms with Crippen LogP contribution in [0.15, 0.2) is 45.9 Å². The predicted octanol–water partition coefficient (Wildman–Crippen LogP) is 3.55. The minimum absolute atomic E-state index is 0.0132. The fraction of sp³-hybridized carbons (Fsp3) is 0.250. The van der Waals surface area contributed by atoms with Gasteiger partial charge in [-0.1, -0.05) is 0 Å². The van der Waals surface area contributed by atoms with Crippen LogP contribution in [-0.4, -0.2) is 34.1 Å². The molecule has 0 saturated carbocycles. The fourth-order valence-corrected chi connectivity index (χ4v) is 2.61. The van der Waals surface area contributed by atoms with Crippen molar-refractivity contribution < 1.29 is 32.2 Å². The molecular formula is C16H12F3IN2O4. The number of benzene rings is 1. The van der Waals surface area contributed by atoms with Crippen LogP contribution in [0.4, 0.5) is 13.2 Å². The van der Waals surface area contributed by atoms with Gasteiger partial charge in [-0.05, 0) is 59.0 Å². The maximum absolute atomic E-state index is 13.0. The lowest BCUT2D eigenvalue weighted by Gasteiger charge is -2.31. The van der Waals surface area contributed by atoms with Gasteiger partial charge in [0.15, 0.2) is 5.76 Å². The van der Waals surface area contributed by atoms with Gasteiger partial charge in [-0.2, -0.15) is 23.3 Å². The summed E-state index contributed by atoms with van der Waals surface area (Å²) in [6.45, 7) is -0.0132. The molecule has 1 aromatic heterocycles. The number of hydrogen-bond donors (Lipinski definition) is 1. The Morgan fingerprint density at radius 2 is 2.00 bits per heavy atom. The smallest absolute Gasteiger partial charge is 0.438 e. The number of hydrogen-bond acceptors (Lipinski definition) is 5. The van der Waals surface area contributed by atoms with Crippen LogP contribution in [0.2, 0.25) is 0 Å². The molecule has 0 saturated heterocycles. The summed E-state index contributed by atoms with van der Waals surface area (Å²) in [4.78, 5) is 12.3. The SMILES string of the molecule is O=C(c1ccc(COc2ccc(I)cc2)o1)N1N=CC[C@@]1(O)C(F)(F)F. The summed E-state index contributed by atoms with van der Waals surface area (Å²) >= 11 is 2.15. The van der Waals surface area contributed by atoms with Crippen molar-refractivity contribution in [2.75, 3.05) is 0 Å². The van der Waals surface area contributed by atoms with Crippen LogP contribution in [0.3, 0.4) is 0 Å². The maximum Gasteiger partial charge on any atom is 0.438 e. The van der Waals surface area contributed by atoms with Crippen LogP contribution >= 0.6 is 22.6 Å².